The van der Waals surface area contributed by atoms with Crippen LogP contribution in [0.4, 0.5) is 10.5 Å². The highest BCUT2D eigenvalue weighted by Crippen LogP contribution is 2.32. The second-order valence-electron chi connectivity index (χ2n) is 6.20. The average Bonchev–Trinajstić information content (AvgIpc) is 3.29. The molecule has 4 rings (SSSR count). The summed E-state index contributed by atoms with van der Waals surface area (Å²) < 4.78 is 17.2. The van der Waals surface area contributed by atoms with Gasteiger partial charge in [-0.1, -0.05) is 33.2 Å². The minimum Gasteiger partial charge on any atom is -0.443 e. The summed E-state index contributed by atoms with van der Waals surface area (Å²) in [7, 11) is 0. The van der Waals surface area contributed by atoms with Gasteiger partial charge in [0.15, 0.2) is 17.7 Å². The van der Waals surface area contributed by atoms with Crippen molar-refractivity contribution in [3.05, 3.63) is 64.6 Å². The third kappa shape index (κ3) is 3.50. The quantitative estimate of drug-likeness (QED) is 0.426. The Morgan fingerprint density at radius 1 is 1.21 bits per heavy atom. The Hall–Kier alpha value is -3.13. The van der Waals surface area contributed by atoms with Gasteiger partial charge in [0.2, 0.25) is 0 Å². The lowest BCUT2D eigenvalue weighted by atomic mass is 10.1. The molecule has 0 aliphatic heterocycles. The standard InChI is InChI=1S/C20H16BrN3O4/c1-11-17(19(28-24-11)13-6-8-14(21)9-7-13)23-20(25)27-12(2)15-4-3-5-16-18(15)22-10-26-16/h3-10,12H,1-2H3,(H,23,25). The maximum atomic E-state index is 12.5. The van der Waals surface area contributed by atoms with Gasteiger partial charge < -0.3 is 13.7 Å². The smallest absolute Gasteiger partial charge is 0.412 e. The highest BCUT2D eigenvalue weighted by molar-refractivity contribution is 9.10. The van der Waals surface area contributed by atoms with E-state index in [1.54, 1.807) is 13.8 Å². The van der Waals surface area contributed by atoms with Crippen molar-refractivity contribution in [1.29, 1.82) is 0 Å². The van der Waals surface area contributed by atoms with Crippen LogP contribution in [0.5, 0.6) is 0 Å². The Morgan fingerprint density at radius 2 is 2.00 bits per heavy atom. The predicted molar refractivity (Wildman–Crippen MR) is 107 cm³/mol. The Labute approximate surface area is 168 Å². The molecular formula is C20H16BrN3O4. The van der Waals surface area contributed by atoms with Crippen LogP contribution < -0.4 is 5.32 Å². The lowest BCUT2D eigenvalue weighted by Crippen LogP contribution is -2.17. The highest BCUT2D eigenvalue weighted by Gasteiger charge is 2.21. The Bertz CT molecular complexity index is 1130. The number of anilines is 1. The van der Waals surface area contributed by atoms with E-state index in [1.165, 1.54) is 6.39 Å². The molecule has 0 aliphatic carbocycles. The molecule has 2 aromatic carbocycles. The normalized spacial score (nSPS) is 12.1. The summed E-state index contributed by atoms with van der Waals surface area (Å²) in [5.74, 6) is 0.466. The monoisotopic (exact) mass is 441 g/mol. The number of rotatable bonds is 4. The molecule has 0 fully saturated rings. The lowest BCUT2D eigenvalue weighted by molar-refractivity contribution is 0.122. The van der Waals surface area contributed by atoms with Crippen LogP contribution in [-0.4, -0.2) is 16.2 Å². The zero-order chi connectivity index (χ0) is 19.7. The third-order valence-corrected chi connectivity index (χ3v) is 4.84. The first kappa shape index (κ1) is 18.2. The van der Waals surface area contributed by atoms with Crippen molar-refractivity contribution in [1.82, 2.24) is 10.1 Å². The predicted octanol–water partition coefficient (Wildman–Crippen LogP) is 5.86. The molecule has 2 heterocycles. The molecule has 8 heteroatoms. The summed E-state index contributed by atoms with van der Waals surface area (Å²) in [6, 6.07) is 13.0. The van der Waals surface area contributed by atoms with Crippen molar-refractivity contribution >= 4 is 38.8 Å². The Balaban J connectivity index is 1.54. The summed E-state index contributed by atoms with van der Waals surface area (Å²) in [5, 5.41) is 6.70. The molecule has 1 unspecified atom stereocenters. The van der Waals surface area contributed by atoms with Gasteiger partial charge in [-0.2, -0.15) is 0 Å². The van der Waals surface area contributed by atoms with Gasteiger partial charge in [0.25, 0.3) is 0 Å². The molecule has 142 valence electrons. The lowest BCUT2D eigenvalue weighted by Gasteiger charge is -2.14. The molecule has 0 saturated carbocycles. The maximum Gasteiger partial charge on any atom is 0.412 e. The highest BCUT2D eigenvalue weighted by atomic mass is 79.9. The van der Waals surface area contributed by atoms with Crippen molar-refractivity contribution in [2.45, 2.75) is 20.0 Å². The molecule has 2 aromatic heterocycles. The van der Waals surface area contributed by atoms with Gasteiger partial charge in [-0.15, -0.1) is 0 Å². The number of benzene rings is 2. The van der Waals surface area contributed by atoms with Crippen LogP contribution in [0.25, 0.3) is 22.4 Å². The third-order valence-electron chi connectivity index (χ3n) is 4.31. The second-order valence-corrected chi connectivity index (χ2v) is 7.11. The van der Waals surface area contributed by atoms with Crippen LogP contribution >= 0.6 is 15.9 Å². The molecule has 0 aliphatic rings. The van der Waals surface area contributed by atoms with Gasteiger partial charge in [-0.05, 0) is 44.2 Å². The van der Waals surface area contributed by atoms with Crippen LogP contribution in [-0.2, 0) is 4.74 Å². The van der Waals surface area contributed by atoms with Crippen LogP contribution in [0.1, 0.15) is 24.3 Å². The molecule has 7 nitrogen and oxygen atoms in total. The van der Waals surface area contributed by atoms with E-state index in [1.807, 2.05) is 42.5 Å². The van der Waals surface area contributed by atoms with E-state index in [-0.39, 0.29) is 0 Å². The number of hydrogen-bond acceptors (Lipinski definition) is 6. The number of oxazole rings is 1. The minimum absolute atomic E-state index is 0.466. The molecular weight excluding hydrogens is 426 g/mol. The second kappa shape index (κ2) is 7.47. The van der Waals surface area contributed by atoms with Gasteiger partial charge in [0.05, 0.1) is 0 Å². The first-order valence-corrected chi connectivity index (χ1v) is 9.34. The zero-order valence-corrected chi connectivity index (χ0v) is 16.7. The number of nitrogens with one attached hydrogen (secondary N) is 1. The number of carbonyl (C=O) groups is 1. The fourth-order valence-corrected chi connectivity index (χ4v) is 3.17. The summed E-state index contributed by atoms with van der Waals surface area (Å²) in [4.78, 5) is 16.7. The van der Waals surface area contributed by atoms with Gasteiger partial charge in [-0.3, -0.25) is 5.32 Å². The van der Waals surface area contributed by atoms with E-state index < -0.39 is 12.2 Å². The molecule has 0 spiro atoms. The fraction of sp³-hybridized carbons (Fsp3) is 0.150. The number of halogens is 1. The number of amides is 1. The summed E-state index contributed by atoms with van der Waals surface area (Å²) in [6.07, 6.45) is 0.231. The molecule has 0 saturated heterocycles. The number of hydrogen-bond donors (Lipinski definition) is 1. The Morgan fingerprint density at radius 3 is 2.79 bits per heavy atom. The van der Waals surface area contributed by atoms with E-state index in [0.717, 1.165) is 15.6 Å². The first-order chi connectivity index (χ1) is 13.5. The molecule has 1 atom stereocenters. The number of para-hydroxylation sites is 1. The molecule has 28 heavy (non-hydrogen) atoms. The molecule has 1 N–H and O–H groups in total. The van der Waals surface area contributed by atoms with Crippen molar-refractivity contribution < 1.29 is 18.5 Å². The van der Waals surface area contributed by atoms with Crippen LogP contribution in [0, 0.1) is 6.92 Å². The van der Waals surface area contributed by atoms with Crippen molar-refractivity contribution in [3.8, 4) is 11.3 Å². The molecule has 1 amide bonds. The first-order valence-electron chi connectivity index (χ1n) is 8.55. The van der Waals surface area contributed by atoms with Crippen LogP contribution in [0.2, 0.25) is 0 Å². The molecule has 4 aromatic rings. The summed E-state index contributed by atoms with van der Waals surface area (Å²) >= 11 is 3.40. The number of aryl methyl sites for hydroxylation is 1. The van der Waals surface area contributed by atoms with E-state index in [0.29, 0.717) is 28.2 Å². The van der Waals surface area contributed by atoms with Gasteiger partial charge >= 0.3 is 6.09 Å². The van der Waals surface area contributed by atoms with Crippen LogP contribution in [0.3, 0.4) is 0 Å². The fourth-order valence-electron chi connectivity index (χ4n) is 2.91. The van der Waals surface area contributed by atoms with E-state index >= 15 is 0 Å². The molecule has 0 radical (unpaired) electrons. The number of ether oxygens (including phenoxy) is 1. The van der Waals surface area contributed by atoms with Crippen molar-refractivity contribution in [3.63, 3.8) is 0 Å². The van der Waals surface area contributed by atoms with Gasteiger partial charge in [-0.25, -0.2) is 9.78 Å². The number of fused-ring (bicyclic) bond motifs is 1. The number of carbonyl (C=O) groups excluding carboxylic acids is 1. The van der Waals surface area contributed by atoms with E-state index in [2.05, 4.69) is 31.4 Å². The topological polar surface area (TPSA) is 90.4 Å². The summed E-state index contributed by atoms with van der Waals surface area (Å²) in [5.41, 5.74) is 3.89. The Kier molecular flexibility index (Phi) is 4.87. The van der Waals surface area contributed by atoms with Crippen molar-refractivity contribution in [2.24, 2.45) is 0 Å². The van der Waals surface area contributed by atoms with E-state index in [4.69, 9.17) is 13.7 Å². The van der Waals surface area contributed by atoms with Gasteiger partial charge in [0.1, 0.15) is 23.0 Å². The average molecular weight is 442 g/mol. The zero-order valence-electron chi connectivity index (χ0n) is 15.1. The summed E-state index contributed by atoms with van der Waals surface area (Å²) in [6.45, 7) is 3.53. The maximum absolute atomic E-state index is 12.5. The largest absolute Gasteiger partial charge is 0.443 e. The number of nitrogens with zero attached hydrogens (tertiary/aromatic N) is 2. The van der Waals surface area contributed by atoms with Gasteiger partial charge in [0, 0.05) is 15.6 Å². The number of aromatic nitrogens is 2. The van der Waals surface area contributed by atoms with Crippen molar-refractivity contribution in [2.75, 3.05) is 5.32 Å². The van der Waals surface area contributed by atoms with Crippen LogP contribution in [0.15, 0.2) is 62.3 Å². The van der Waals surface area contributed by atoms with E-state index in [9.17, 15) is 4.79 Å². The molecule has 0 bridgehead atoms. The minimum atomic E-state index is -0.613. The SMILES string of the molecule is Cc1noc(-c2ccc(Br)cc2)c1NC(=O)OC(C)c1cccc2ocnc12.